The number of hydrogen-bond acceptors (Lipinski definition) is 15. The number of thioether (sulfide) groups is 1. The first kappa shape index (κ1) is 39.6. The normalized spacial score (nSPS) is 25.7. The average Bonchev–Trinajstić information content (AvgIpc) is 3.53. The molecule has 1 aromatic heterocycles. The number of aromatic nitrogens is 1. The van der Waals surface area contributed by atoms with E-state index in [9.17, 15) is 44.4 Å². The molecule has 6 rings (SSSR count). The summed E-state index contributed by atoms with van der Waals surface area (Å²) in [6.07, 6.45) is 3.50. The molecule has 3 saturated heterocycles. The van der Waals surface area contributed by atoms with E-state index in [4.69, 9.17) is 22.2 Å². The van der Waals surface area contributed by atoms with Crippen LogP contribution in [0.3, 0.4) is 0 Å². The summed E-state index contributed by atoms with van der Waals surface area (Å²) in [6, 6.07) is 1.79. The van der Waals surface area contributed by atoms with E-state index in [-0.39, 0.29) is 51.6 Å². The molecular formula is C31H33ClN7NaO10S2. The van der Waals surface area contributed by atoms with Crippen LogP contribution in [0.2, 0.25) is 5.02 Å². The van der Waals surface area contributed by atoms with Gasteiger partial charge in [-0.05, 0) is 31.4 Å². The maximum absolute atomic E-state index is 13.6. The molecule has 272 valence electrons. The second-order valence-electron chi connectivity index (χ2n) is 12.9. The molecule has 3 fully saturated rings. The minimum absolute atomic E-state index is 0. The number of phenolic OH excluding ortho intramolecular Hbond substituents is 2. The molecule has 3 amide bonds. The number of carbonyl (C=O) groups is 5. The van der Waals surface area contributed by atoms with E-state index in [0.717, 1.165) is 65.0 Å². The summed E-state index contributed by atoms with van der Waals surface area (Å²) >= 11 is 8.15. The number of halogens is 1. The number of nitrogens with one attached hydrogen (secondary N) is 2. The van der Waals surface area contributed by atoms with Gasteiger partial charge in [0.25, 0.3) is 17.7 Å². The van der Waals surface area contributed by atoms with Crippen LogP contribution < -0.4 is 56.1 Å². The van der Waals surface area contributed by atoms with Gasteiger partial charge in [-0.2, -0.15) is 0 Å². The van der Waals surface area contributed by atoms with Crippen molar-refractivity contribution in [3.63, 3.8) is 0 Å². The van der Waals surface area contributed by atoms with Gasteiger partial charge in [0, 0.05) is 29.5 Å². The van der Waals surface area contributed by atoms with E-state index in [1.54, 1.807) is 0 Å². The van der Waals surface area contributed by atoms with Crippen LogP contribution in [0.25, 0.3) is 0 Å². The zero-order valence-electron chi connectivity index (χ0n) is 28.0. The topological polar surface area (TPSA) is 260 Å². The summed E-state index contributed by atoms with van der Waals surface area (Å²) in [5.74, 6) is -6.93. The van der Waals surface area contributed by atoms with Crippen LogP contribution in [-0.4, -0.2) is 115 Å². The van der Waals surface area contributed by atoms with Crippen molar-refractivity contribution in [3.05, 3.63) is 45.1 Å². The van der Waals surface area contributed by atoms with Crippen molar-refractivity contribution < 1.29 is 83.3 Å². The summed E-state index contributed by atoms with van der Waals surface area (Å²) < 4.78 is 0.737. The summed E-state index contributed by atoms with van der Waals surface area (Å²) in [7, 11) is 2.16. The van der Waals surface area contributed by atoms with Crippen LogP contribution in [0.4, 0.5) is 5.13 Å². The number of likely N-dealkylation sites (N-methyl/N-ethyl adjacent to an activating group) is 1. The third-order valence-corrected chi connectivity index (χ3v) is 12.3. The van der Waals surface area contributed by atoms with Gasteiger partial charge in [0.15, 0.2) is 28.4 Å². The summed E-state index contributed by atoms with van der Waals surface area (Å²) in [5.41, 5.74) is 5.22. The van der Waals surface area contributed by atoms with Crippen molar-refractivity contribution in [1.29, 1.82) is 0 Å². The number of nitrogens with zero attached hydrogens (tertiary/aromatic N) is 4. The second-order valence-corrected chi connectivity index (χ2v) is 15.2. The molecule has 5 heterocycles. The molecule has 2 unspecified atom stereocenters. The van der Waals surface area contributed by atoms with Gasteiger partial charge in [-0.1, -0.05) is 16.8 Å². The number of β-lactam (4-membered cyclic amide) rings is 1. The molecule has 0 aliphatic carbocycles. The van der Waals surface area contributed by atoms with E-state index >= 15 is 0 Å². The number of anilines is 1. The fourth-order valence-corrected chi connectivity index (χ4v) is 9.43. The number of carboxylic acids is 2. The maximum Gasteiger partial charge on any atom is 1.00 e. The van der Waals surface area contributed by atoms with Crippen LogP contribution >= 0.6 is 34.7 Å². The first-order valence-electron chi connectivity index (χ1n) is 15.9. The van der Waals surface area contributed by atoms with Crippen LogP contribution in [0.5, 0.6) is 11.5 Å². The predicted octanol–water partition coefficient (Wildman–Crippen LogP) is -4.37. The molecule has 17 nitrogen and oxygen atoms in total. The number of oxime groups is 1. The van der Waals surface area contributed by atoms with Crippen molar-refractivity contribution in [2.75, 3.05) is 31.6 Å². The summed E-state index contributed by atoms with van der Waals surface area (Å²) in [6.45, 7) is -0.255. The Morgan fingerprint density at radius 2 is 1.88 bits per heavy atom. The number of thiazole rings is 1. The Balaban J connectivity index is 0.00000523. The van der Waals surface area contributed by atoms with Gasteiger partial charge in [-0.3, -0.25) is 19.3 Å². The number of carbonyl (C=O) groups excluding carboxylic acids is 5. The first-order chi connectivity index (χ1) is 24.2. The molecule has 6 N–H and O–H groups in total. The van der Waals surface area contributed by atoms with Gasteiger partial charge < -0.3 is 55.7 Å². The molecule has 5 atom stereocenters. The van der Waals surface area contributed by atoms with E-state index < -0.39 is 76.0 Å². The Bertz CT molecular complexity index is 1860. The zero-order chi connectivity index (χ0) is 36.8. The van der Waals surface area contributed by atoms with Gasteiger partial charge in [0.1, 0.15) is 23.7 Å². The van der Waals surface area contributed by atoms with Crippen LogP contribution in [0.15, 0.2) is 33.9 Å². The van der Waals surface area contributed by atoms with Crippen LogP contribution in [0.1, 0.15) is 48.2 Å². The number of amides is 3. The van der Waals surface area contributed by atoms with Crippen LogP contribution in [0, 0.1) is 0 Å². The van der Waals surface area contributed by atoms with Crippen molar-refractivity contribution in [2.24, 2.45) is 5.16 Å². The largest absolute Gasteiger partial charge is 1.00 e. The number of benzene rings is 1. The number of nitrogen functional groups attached to an aromatic ring is 1. The molecule has 2 bridgehead atoms. The Morgan fingerprint density at radius 3 is 2.50 bits per heavy atom. The monoisotopic (exact) mass is 785 g/mol. The maximum atomic E-state index is 13.6. The number of aliphatic carboxylic acids is 2. The smallest absolute Gasteiger partial charge is 0.546 e. The number of fused-ring (bicyclic) bond motifs is 3. The Morgan fingerprint density at radius 1 is 1.19 bits per heavy atom. The Kier molecular flexibility index (Phi) is 12.0. The third kappa shape index (κ3) is 7.44. The van der Waals surface area contributed by atoms with Crippen molar-refractivity contribution >= 4 is 75.2 Å². The molecular weight excluding hydrogens is 753 g/mol. The molecule has 4 aliphatic heterocycles. The molecule has 0 radical (unpaired) electrons. The molecule has 0 saturated carbocycles. The fraction of sp³-hybridized carbons (Fsp3) is 0.452. The minimum atomic E-state index is -1.96. The number of hydrogen-bond donors (Lipinski definition) is 5. The summed E-state index contributed by atoms with van der Waals surface area (Å²) in [5, 5.41) is 52.2. The van der Waals surface area contributed by atoms with Gasteiger partial charge in [-0.25, -0.2) is 4.98 Å². The third-order valence-electron chi connectivity index (χ3n) is 9.94. The molecule has 1 aromatic carbocycles. The number of nitrogens with two attached hydrogens (primary N) is 1. The Labute approximate surface area is 332 Å². The van der Waals surface area contributed by atoms with E-state index in [1.807, 2.05) is 0 Å². The first-order valence-corrected chi connectivity index (χ1v) is 18.2. The molecule has 2 aromatic rings. The molecule has 21 heteroatoms. The number of quaternary nitrogens is 1. The molecule has 52 heavy (non-hydrogen) atoms. The van der Waals surface area contributed by atoms with E-state index in [0.29, 0.717) is 30.0 Å². The van der Waals surface area contributed by atoms with Gasteiger partial charge in [0.2, 0.25) is 0 Å². The van der Waals surface area contributed by atoms with Gasteiger partial charge >= 0.3 is 29.6 Å². The predicted molar refractivity (Wildman–Crippen MR) is 179 cm³/mol. The molecule has 0 spiro atoms. The van der Waals surface area contributed by atoms with Crippen molar-refractivity contribution in [2.45, 2.75) is 61.7 Å². The quantitative estimate of drug-likeness (QED) is 0.0341. The SMILES string of the molecule is C[N+]1(CC2=C(C(=O)[O-])N3C(=O)[C@@H](NC(=O)/C(=N\O[C@@H](CNC(=O)c4ccc(O)c(O)c4Cl)C(=O)[O-])c4csc(N)n4)[C@H]3SC2)C2CCCC1CC2.[Na+]. The zero-order valence-corrected chi connectivity index (χ0v) is 32.4. The van der Waals surface area contributed by atoms with Crippen molar-refractivity contribution in [1.82, 2.24) is 20.5 Å². The van der Waals surface area contributed by atoms with Gasteiger partial charge in [-0.15, -0.1) is 23.1 Å². The molecule has 4 aliphatic rings. The number of aromatic hydroxyl groups is 2. The fourth-order valence-electron chi connectivity index (χ4n) is 7.30. The average molecular weight is 786 g/mol. The van der Waals surface area contributed by atoms with E-state index in [1.165, 1.54) is 17.1 Å². The van der Waals surface area contributed by atoms with E-state index in [2.05, 4.69) is 27.8 Å². The number of phenols is 2. The number of piperidine rings is 1. The number of carboxylic acid groups (broad SMARTS) is 2. The minimum Gasteiger partial charge on any atom is -0.546 e. The standard InChI is InChI=1S/C31H34ClN7O10S2.Na/c1-39(14-3-2-4-15(39)6-5-14)10-13-11-50-28-22(27(44)38(28)23(13)30(47)48)36-26(43)21(17-12-51-31(33)35-17)37-49-19(29(45)46)9-34-25(42)16-7-8-18(40)24(41)20(16)32;/h7-8,12,14-15,19,22,28H,2-6,9-11H2,1H3,(H7-,33,34,35,36,37,40,41,42,43,45,46,47,48);/q;+1/p-1/t14?,15?,19-,22+,28+,39?;/m0./s1. The summed E-state index contributed by atoms with van der Waals surface area (Å²) in [4.78, 5) is 74.2. The Hall–Kier alpha value is -3.59. The second kappa shape index (κ2) is 15.8. The van der Waals surface area contributed by atoms with Crippen molar-refractivity contribution in [3.8, 4) is 11.5 Å². The van der Waals surface area contributed by atoms with Crippen LogP contribution in [-0.2, 0) is 24.0 Å². The van der Waals surface area contributed by atoms with Gasteiger partial charge in [0.05, 0.1) is 53.9 Å². The number of rotatable bonds is 12.